The SMILES string of the molecule is C[C@@H]1CN(C[C@H](N)Cc2ccc(Cl)cc2)[C@@H](CCN=C(N)N)CN1CCc1ccc2ccccc2c1. The van der Waals surface area contributed by atoms with Crippen molar-refractivity contribution in [1.29, 1.82) is 0 Å². The maximum absolute atomic E-state index is 6.62. The molecule has 4 rings (SSSR count). The van der Waals surface area contributed by atoms with E-state index >= 15 is 0 Å². The molecule has 0 bridgehead atoms. The van der Waals surface area contributed by atoms with Crippen LogP contribution < -0.4 is 17.2 Å². The summed E-state index contributed by atoms with van der Waals surface area (Å²) in [7, 11) is 0. The molecule has 3 atom stereocenters. The topological polar surface area (TPSA) is 96.9 Å². The zero-order valence-corrected chi connectivity index (χ0v) is 21.9. The van der Waals surface area contributed by atoms with Gasteiger partial charge in [-0.3, -0.25) is 14.8 Å². The lowest BCUT2D eigenvalue weighted by Gasteiger charge is -2.46. The summed E-state index contributed by atoms with van der Waals surface area (Å²) in [6.45, 7) is 6.80. The predicted molar refractivity (Wildman–Crippen MR) is 152 cm³/mol. The van der Waals surface area contributed by atoms with Gasteiger partial charge in [0.1, 0.15) is 0 Å². The lowest BCUT2D eigenvalue weighted by molar-refractivity contribution is 0.0298. The Labute approximate surface area is 220 Å². The van der Waals surface area contributed by atoms with Crippen LogP contribution in [0.15, 0.2) is 71.7 Å². The Morgan fingerprint density at radius 1 is 0.972 bits per heavy atom. The van der Waals surface area contributed by atoms with E-state index in [1.165, 1.54) is 21.9 Å². The number of piperazine rings is 1. The predicted octanol–water partition coefficient (Wildman–Crippen LogP) is 3.64. The van der Waals surface area contributed by atoms with E-state index in [1.807, 2.05) is 12.1 Å². The molecule has 6 N–H and O–H groups in total. The third-order valence-electron chi connectivity index (χ3n) is 7.22. The molecule has 1 aliphatic rings. The minimum absolute atomic E-state index is 0.0492. The van der Waals surface area contributed by atoms with E-state index < -0.39 is 0 Å². The largest absolute Gasteiger partial charge is 0.370 e. The molecule has 0 radical (unpaired) electrons. The molecule has 3 aromatic carbocycles. The van der Waals surface area contributed by atoms with Gasteiger partial charge in [-0.2, -0.15) is 0 Å². The molecule has 0 aliphatic carbocycles. The summed E-state index contributed by atoms with van der Waals surface area (Å²) in [6.07, 6.45) is 2.77. The summed E-state index contributed by atoms with van der Waals surface area (Å²) in [5, 5.41) is 3.34. The standard InChI is InChI=1S/C29H39ClN6/c1-21-18-36(19-27(31)17-22-7-10-26(30)11-8-22)28(12-14-34-29(32)33)20-35(21)15-13-23-6-9-24-4-2-3-5-25(24)16-23/h2-11,16,21,27-28H,12-15,17-20,31H2,1H3,(H4,32,33,34)/t21-,27-,28+/m1/s1. The summed E-state index contributed by atoms with van der Waals surface area (Å²) >= 11 is 6.04. The second kappa shape index (κ2) is 12.5. The summed E-state index contributed by atoms with van der Waals surface area (Å²) in [5.41, 5.74) is 20.4. The Balaban J connectivity index is 1.38. The number of benzene rings is 3. The number of nitrogens with zero attached hydrogens (tertiary/aromatic N) is 3. The highest BCUT2D eigenvalue weighted by Gasteiger charge is 2.31. The smallest absolute Gasteiger partial charge is 0.185 e. The minimum atomic E-state index is 0.0492. The van der Waals surface area contributed by atoms with Crippen molar-refractivity contribution in [2.75, 3.05) is 32.7 Å². The fourth-order valence-corrected chi connectivity index (χ4v) is 5.40. The van der Waals surface area contributed by atoms with Gasteiger partial charge in [0.15, 0.2) is 5.96 Å². The van der Waals surface area contributed by atoms with Crippen molar-refractivity contribution in [3.63, 3.8) is 0 Å². The molecule has 3 aromatic rings. The molecule has 36 heavy (non-hydrogen) atoms. The van der Waals surface area contributed by atoms with Gasteiger partial charge in [0.2, 0.25) is 0 Å². The number of nitrogens with two attached hydrogens (primary N) is 3. The van der Waals surface area contributed by atoms with Crippen molar-refractivity contribution < 1.29 is 0 Å². The average Bonchev–Trinajstić information content (AvgIpc) is 2.85. The van der Waals surface area contributed by atoms with Crippen LogP contribution >= 0.6 is 11.6 Å². The third-order valence-corrected chi connectivity index (χ3v) is 7.47. The molecule has 0 aromatic heterocycles. The molecule has 0 spiro atoms. The van der Waals surface area contributed by atoms with Gasteiger partial charge in [-0.15, -0.1) is 0 Å². The van der Waals surface area contributed by atoms with Crippen molar-refractivity contribution >= 4 is 28.3 Å². The highest BCUT2D eigenvalue weighted by molar-refractivity contribution is 6.30. The Morgan fingerprint density at radius 2 is 1.69 bits per heavy atom. The van der Waals surface area contributed by atoms with Gasteiger partial charge in [-0.05, 0) is 60.2 Å². The molecular weight excluding hydrogens is 468 g/mol. The van der Waals surface area contributed by atoms with Crippen molar-refractivity contribution in [3.05, 3.63) is 82.9 Å². The van der Waals surface area contributed by atoms with Crippen molar-refractivity contribution in [3.8, 4) is 0 Å². The summed E-state index contributed by atoms with van der Waals surface area (Å²) in [5.74, 6) is 0.151. The first-order valence-corrected chi connectivity index (χ1v) is 13.3. The van der Waals surface area contributed by atoms with Crippen LogP contribution in [0, 0.1) is 0 Å². The maximum Gasteiger partial charge on any atom is 0.185 e. The Hall–Kier alpha value is -2.64. The molecule has 7 heteroatoms. The van der Waals surface area contributed by atoms with Crippen LogP contribution in [0.25, 0.3) is 10.8 Å². The highest BCUT2D eigenvalue weighted by atomic mass is 35.5. The van der Waals surface area contributed by atoms with Crippen LogP contribution in [0.2, 0.25) is 5.02 Å². The van der Waals surface area contributed by atoms with Crippen LogP contribution in [0.5, 0.6) is 0 Å². The Bertz CT molecular complexity index is 1140. The van der Waals surface area contributed by atoms with Gasteiger partial charge in [0.05, 0.1) is 0 Å². The van der Waals surface area contributed by atoms with E-state index in [-0.39, 0.29) is 12.0 Å². The van der Waals surface area contributed by atoms with Gasteiger partial charge in [-0.25, -0.2) is 0 Å². The quantitative estimate of drug-likeness (QED) is 0.288. The van der Waals surface area contributed by atoms with Gasteiger partial charge in [0.25, 0.3) is 0 Å². The molecule has 1 heterocycles. The lowest BCUT2D eigenvalue weighted by Crippen LogP contribution is -2.59. The molecule has 1 saturated heterocycles. The molecule has 1 fully saturated rings. The molecule has 6 nitrogen and oxygen atoms in total. The van der Waals surface area contributed by atoms with Crippen LogP contribution in [0.1, 0.15) is 24.5 Å². The van der Waals surface area contributed by atoms with Gasteiger partial charge in [-0.1, -0.05) is 66.2 Å². The van der Waals surface area contributed by atoms with Gasteiger partial charge in [0, 0.05) is 55.9 Å². The Morgan fingerprint density at radius 3 is 2.44 bits per heavy atom. The zero-order chi connectivity index (χ0) is 25.5. The normalized spacial score (nSPS) is 19.9. The van der Waals surface area contributed by atoms with Gasteiger partial charge >= 0.3 is 0 Å². The van der Waals surface area contributed by atoms with E-state index in [0.717, 1.165) is 50.5 Å². The number of rotatable bonds is 10. The molecule has 0 unspecified atom stereocenters. The number of hydrogen-bond donors (Lipinski definition) is 3. The zero-order valence-electron chi connectivity index (χ0n) is 21.2. The maximum atomic E-state index is 6.62. The third kappa shape index (κ3) is 7.43. The molecule has 0 amide bonds. The monoisotopic (exact) mass is 506 g/mol. The summed E-state index contributed by atoms with van der Waals surface area (Å²) in [4.78, 5) is 9.41. The molecule has 0 saturated carbocycles. The van der Waals surface area contributed by atoms with E-state index in [1.54, 1.807) is 0 Å². The minimum Gasteiger partial charge on any atom is -0.370 e. The van der Waals surface area contributed by atoms with Crippen molar-refractivity contribution in [1.82, 2.24) is 9.80 Å². The highest BCUT2D eigenvalue weighted by Crippen LogP contribution is 2.21. The average molecular weight is 507 g/mol. The number of hydrogen-bond acceptors (Lipinski definition) is 4. The Kier molecular flexibility index (Phi) is 9.21. The van der Waals surface area contributed by atoms with Crippen LogP contribution in [-0.2, 0) is 12.8 Å². The fourth-order valence-electron chi connectivity index (χ4n) is 5.28. The second-order valence-electron chi connectivity index (χ2n) is 10.1. The van der Waals surface area contributed by atoms with E-state index in [9.17, 15) is 0 Å². The molecule has 1 aliphatic heterocycles. The van der Waals surface area contributed by atoms with Crippen LogP contribution in [0.3, 0.4) is 0 Å². The first-order chi connectivity index (χ1) is 17.4. The number of fused-ring (bicyclic) bond motifs is 1. The number of guanidine groups is 1. The first kappa shape index (κ1) is 26.4. The van der Waals surface area contributed by atoms with Crippen LogP contribution in [-0.4, -0.2) is 66.6 Å². The van der Waals surface area contributed by atoms with E-state index in [0.29, 0.717) is 18.6 Å². The number of halogens is 1. The van der Waals surface area contributed by atoms with E-state index in [4.69, 9.17) is 28.8 Å². The summed E-state index contributed by atoms with van der Waals surface area (Å²) in [6, 6.07) is 24.2. The first-order valence-electron chi connectivity index (χ1n) is 12.9. The second-order valence-corrected chi connectivity index (χ2v) is 10.5. The molecular formula is C29H39ClN6. The van der Waals surface area contributed by atoms with E-state index in [2.05, 4.69) is 76.3 Å². The fraction of sp³-hybridized carbons (Fsp3) is 0.414. The molecule has 192 valence electrons. The van der Waals surface area contributed by atoms with Gasteiger partial charge < -0.3 is 17.2 Å². The lowest BCUT2D eigenvalue weighted by atomic mass is 10.00. The van der Waals surface area contributed by atoms with Crippen molar-refractivity contribution in [2.45, 2.75) is 44.3 Å². The van der Waals surface area contributed by atoms with Crippen LogP contribution in [0.4, 0.5) is 0 Å². The number of aliphatic imine (C=N–C) groups is 1. The van der Waals surface area contributed by atoms with Crippen molar-refractivity contribution in [2.24, 2.45) is 22.2 Å². The summed E-state index contributed by atoms with van der Waals surface area (Å²) < 4.78 is 0.